The van der Waals surface area contributed by atoms with Crippen LogP contribution in [0.2, 0.25) is 0 Å². The summed E-state index contributed by atoms with van der Waals surface area (Å²) in [6.45, 7) is 13.1. The molecule has 0 aromatic rings. The van der Waals surface area contributed by atoms with Gasteiger partial charge in [0.25, 0.3) is 0 Å². The average Bonchev–Trinajstić information content (AvgIpc) is 2.89. The van der Waals surface area contributed by atoms with Gasteiger partial charge in [0.15, 0.2) is 17.5 Å². The Morgan fingerprint density at radius 3 is 2.53 bits per heavy atom. The van der Waals surface area contributed by atoms with Crippen molar-refractivity contribution in [2.75, 3.05) is 20.2 Å². The molecule has 0 aromatic carbocycles. The van der Waals surface area contributed by atoms with Crippen LogP contribution in [0, 0.1) is 28.6 Å². The number of carbonyl (C=O) groups is 2. The van der Waals surface area contributed by atoms with Gasteiger partial charge in [0.1, 0.15) is 6.10 Å². The number of Topliss-reactive ketones (excluding diaryl/α,β-unsaturated/α-hetero) is 1. The van der Waals surface area contributed by atoms with E-state index in [0.29, 0.717) is 12.0 Å². The number of likely N-dealkylation sites (N-methyl/N-ethyl adjacent to an activating group) is 1. The first-order valence-corrected chi connectivity index (χ1v) is 11.3. The number of aliphatic hydroxyl groups is 3. The van der Waals surface area contributed by atoms with E-state index in [-0.39, 0.29) is 29.7 Å². The van der Waals surface area contributed by atoms with Gasteiger partial charge in [0.05, 0.1) is 12.0 Å². The highest BCUT2D eigenvalue weighted by Gasteiger charge is 2.73. The number of amides is 1. The lowest BCUT2D eigenvalue weighted by molar-refractivity contribution is -0.190. The molecular formula is C25H37NO6. The lowest BCUT2D eigenvalue weighted by Crippen LogP contribution is -2.66. The summed E-state index contributed by atoms with van der Waals surface area (Å²) < 4.78 is 5.73. The molecule has 1 fully saturated rings. The number of hydrogen-bond acceptors (Lipinski definition) is 6. The summed E-state index contributed by atoms with van der Waals surface area (Å²) in [5.74, 6) is -1.02. The number of carbonyl (C=O) groups excluding carboxylic acids is 2. The topological polar surface area (TPSA) is 107 Å². The zero-order valence-corrected chi connectivity index (χ0v) is 20.0. The van der Waals surface area contributed by atoms with Crippen LogP contribution in [0.15, 0.2) is 36.0 Å². The van der Waals surface area contributed by atoms with Gasteiger partial charge < -0.3 is 25.0 Å². The van der Waals surface area contributed by atoms with E-state index in [4.69, 9.17) is 4.74 Å². The first kappa shape index (κ1) is 24.7. The van der Waals surface area contributed by atoms with Gasteiger partial charge in [0.2, 0.25) is 0 Å². The zero-order valence-electron chi connectivity index (χ0n) is 20.0. The molecule has 2 bridgehead atoms. The highest BCUT2D eigenvalue weighted by Crippen LogP contribution is 2.62. The Labute approximate surface area is 190 Å². The van der Waals surface area contributed by atoms with Gasteiger partial charge in [-0.15, -0.1) is 6.58 Å². The molecule has 1 spiro atoms. The van der Waals surface area contributed by atoms with E-state index < -0.39 is 47.3 Å². The number of aliphatic hydroxyl groups excluding tert-OH is 2. The summed E-state index contributed by atoms with van der Waals surface area (Å²) in [7, 11) is 1.54. The number of allylic oxidation sites excluding steroid dienone is 1. The second-order valence-corrected chi connectivity index (χ2v) is 10.5. The predicted octanol–water partition coefficient (Wildman–Crippen LogP) is 2.47. The molecule has 32 heavy (non-hydrogen) atoms. The van der Waals surface area contributed by atoms with Crippen molar-refractivity contribution in [2.45, 2.75) is 58.8 Å². The van der Waals surface area contributed by atoms with Crippen molar-refractivity contribution in [1.29, 1.82) is 0 Å². The van der Waals surface area contributed by atoms with E-state index in [1.54, 1.807) is 32.2 Å². The van der Waals surface area contributed by atoms with Gasteiger partial charge in [0, 0.05) is 19.5 Å². The summed E-state index contributed by atoms with van der Waals surface area (Å²) in [5.41, 5.74) is -3.37. The Morgan fingerprint density at radius 1 is 1.34 bits per heavy atom. The molecule has 0 saturated heterocycles. The smallest absolute Gasteiger partial charge is 0.410 e. The molecule has 3 aliphatic carbocycles. The normalized spacial score (nSPS) is 40.4. The van der Waals surface area contributed by atoms with E-state index in [2.05, 4.69) is 13.5 Å². The molecule has 0 aliphatic heterocycles. The molecule has 1 amide bonds. The maximum Gasteiger partial charge on any atom is 0.410 e. The molecule has 3 N–H and O–H groups in total. The second-order valence-electron chi connectivity index (χ2n) is 10.5. The van der Waals surface area contributed by atoms with Gasteiger partial charge in [-0.25, -0.2) is 4.79 Å². The Hall–Kier alpha value is -1.96. The Kier molecular flexibility index (Phi) is 6.26. The lowest BCUT2D eigenvalue weighted by Gasteiger charge is -2.48. The summed E-state index contributed by atoms with van der Waals surface area (Å²) in [6.07, 6.45) is 2.02. The minimum absolute atomic E-state index is 0.135. The number of rotatable bonds is 4. The molecule has 178 valence electrons. The average molecular weight is 448 g/mol. The molecule has 7 heteroatoms. The fourth-order valence-electron chi connectivity index (χ4n) is 6.11. The molecular weight excluding hydrogens is 410 g/mol. The summed E-state index contributed by atoms with van der Waals surface area (Å²) in [5, 5.41) is 33.8. The summed E-state index contributed by atoms with van der Waals surface area (Å²) in [4.78, 5) is 28.3. The van der Waals surface area contributed by atoms with Gasteiger partial charge in [-0.2, -0.15) is 0 Å². The van der Waals surface area contributed by atoms with E-state index in [9.17, 15) is 24.9 Å². The molecule has 3 rings (SSSR count). The van der Waals surface area contributed by atoms with Gasteiger partial charge in [-0.05, 0) is 41.7 Å². The van der Waals surface area contributed by atoms with Crippen LogP contribution in [-0.2, 0) is 9.53 Å². The van der Waals surface area contributed by atoms with Crippen molar-refractivity contribution < 1.29 is 29.6 Å². The molecule has 0 radical (unpaired) electrons. The van der Waals surface area contributed by atoms with Crippen molar-refractivity contribution in [3.63, 3.8) is 0 Å². The van der Waals surface area contributed by atoms with Crippen molar-refractivity contribution in [3.8, 4) is 0 Å². The van der Waals surface area contributed by atoms with Crippen LogP contribution in [0.25, 0.3) is 0 Å². The minimum atomic E-state index is -2.14. The van der Waals surface area contributed by atoms with E-state index in [0.717, 1.165) is 0 Å². The Morgan fingerprint density at radius 2 is 1.97 bits per heavy atom. The maximum atomic E-state index is 14.2. The number of ether oxygens (including phenoxy) is 1. The monoisotopic (exact) mass is 447 g/mol. The third kappa shape index (κ3) is 3.12. The third-order valence-electron chi connectivity index (χ3n) is 8.44. The lowest BCUT2D eigenvalue weighted by atomic mass is 9.59. The second kappa shape index (κ2) is 8.12. The SMILES string of the molecule is C=CCN(C)C(=O)O[C@H]1C(C)=C[C@]23C(=O)[C@@H](C=C(CO)[C@@H](O)[C@]12O)C(C)(C)[C@@H](C)C[C@H]3C. The fourth-order valence-corrected chi connectivity index (χ4v) is 6.11. The van der Waals surface area contributed by atoms with Crippen molar-refractivity contribution in [1.82, 2.24) is 4.90 Å². The van der Waals surface area contributed by atoms with Crippen molar-refractivity contribution in [3.05, 3.63) is 36.0 Å². The highest BCUT2D eigenvalue weighted by atomic mass is 16.6. The van der Waals surface area contributed by atoms with Crippen LogP contribution in [0.4, 0.5) is 4.79 Å². The first-order chi connectivity index (χ1) is 14.8. The zero-order chi connectivity index (χ0) is 24.2. The van der Waals surface area contributed by atoms with Gasteiger partial charge >= 0.3 is 6.09 Å². The molecule has 0 unspecified atom stereocenters. The minimum Gasteiger partial charge on any atom is -0.438 e. The molecule has 0 aromatic heterocycles. The van der Waals surface area contributed by atoms with Gasteiger partial charge in [-0.1, -0.05) is 45.9 Å². The number of fused-ring (bicyclic) bond motifs is 1. The predicted molar refractivity (Wildman–Crippen MR) is 121 cm³/mol. The Bertz CT molecular complexity index is 876. The highest BCUT2D eigenvalue weighted by molar-refractivity contribution is 5.95. The van der Waals surface area contributed by atoms with Crippen molar-refractivity contribution in [2.24, 2.45) is 28.6 Å². The van der Waals surface area contributed by atoms with E-state index >= 15 is 0 Å². The number of ketones is 1. The Balaban J connectivity index is 2.24. The summed E-state index contributed by atoms with van der Waals surface area (Å²) in [6, 6.07) is 0. The third-order valence-corrected chi connectivity index (χ3v) is 8.44. The quantitative estimate of drug-likeness (QED) is 0.572. The molecule has 7 nitrogen and oxygen atoms in total. The summed E-state index contributed by atoms with van der Waals surface area (Å²) >= 11 is 0. The van der Waals surface area contributed by atoms with Crippen LogP contribution < -0.4 is 0 Å². The first-order valence-electron chi connectivity index (χ1n) is 11.3. The van der Waals surface area contributed by atoms with Crippen LogP contribution in [0.1, 0.15) is 41.0 Å². The number of hydrogen-bond donors (Lipinski definition) is 3. The molecule has 7 atom stereocenters. The van der Waals surface area contributed by atoms with E-state index in [1.807, 2.05) is 20.8 Å². The van der Waals surface area contributed by atoms with Gasteiger partial charge in [-0.3, -0.25) is 4.79 Å². The van der Waals surface area contributed by atoms with Crippen LogP contribution in [-0.4, -0.2) is 70.1 Å². The number of nitrogens with zero attached hydrogens (tertiary/aromatic N) is 1. The molecule has 1 saturated carbocycles. The maximum absolute atomic E-state index is 14.2. The van der Waals surface area contributed by atoms with Crippen LogP contribution in [0.5, 0.6) is 0 Å². The van der Waals surface area contributed by atoms with Crippen LogP contribution in [0.3, 0.4) is 0 Å². The largest absolute Gasteiger partial charge is 0.438 e. The molecule has 0 heterocycles. The molecule has 3 aliphatic rings. The van der Waals surface area contributed by atoms with Crippen molar-refractivity contribution >= 4 is 11.9 Å². The standard InChI is InChI=1S/C25H37NO6/c1-8-9-26(7)22(30)32-21-14(2)12-24-16(4)10-15(3)23(5,6)18(20(24)29)11-17(13-27)19(28)25(21,24)31/h8,11-12,15-16,18-19,21,27-28,31H,1,9-10,13H2,2-7H3/t15-,16+,18+,19+,21-,24-,25-/m0/s1. The fraction of sp³-hybridized carbons (Fsp3) is 0.680. The van der Waals surface area contributed by atoms with Crippen LogP contribution >= 0.6 is 0 Å². The van der Waals surface area contributed by atoms with E-state index in [1.165, 1.54) is 4.90 Å².